The van der Waals surface area contributed by atoms with E-state index in [4.69, 9.17) is 0 Å². The molecule has 0 aromatic heterocycles. The fourth-order valence-corrected chi connectivity index (χ4v) is 2.05. The van der Waals surface area contributed by atoms with Crippen molar-refractivity contribution in [3.63, 3.8) is 0 Å². The summed E-state index contributed by atoms with van der Waals surface area (Å²) in [5, 5.41) is 15.8. The lowest BCUT2D eigenvalue weighted by molar-refractivity contribution is -0.137. The van der Waals surface area contributed by atoms with E-state index in [0.29, 0.717) is 12.0 Å². The topological polar surface area (TPSA) is 61.4 Å². The van der Waals surface area contributed by atoms with Crippen LogP contribution in [0.4, 0.5) is 13.2 Å². The normalized spacial score (nSPS) is 16.0. The summed E-state index contributed by atoms with van der Waals surface area (Å²) in [7, 11) is 1.48. The van der Waals surface area contributed by atoms with Gasteiger partial charge in [0.15, 0.2) is 0 Å². The molecule has 0 saturated carbocycles. The molecule has 0 heterocycles. The highest BCUT2D eigenvalue weighted by Gasteiger charge is 2.33. The number of likely N-dealkylation sites (N-methyl/N-ethyl adjacent to an activating group) is 1. The minimum atomic E-state index is -4.41. The number of hydrogen-bond acceptors (Lipinski definition) is 3. The molecule has 1 aromatic carbocycles. The van der Waals surface area contributed by atoms with Crippen molar-refractivity contribution in [3.05, 3.63) is 35.4 Å². The third-order valence-electron chi connectivity index (χ3n) is 3.65. The zero-order valence-electron chi connectivity index (χ0n) is 12.8. The molecule has 0 saturated heterocycles. The zero-order chi connectivity index (χ0) is 17.0. The lowest BCUT2D eigenvalue weighted by Crippen LogP contribution is -2.44. The van der Waals surface area contributed by atoms with Gasteiger partial charge in [-0.25, -0.2) is 0 Å². The summed E-state index contributed by atoms with van der Waals surface area (Å²) in [4.78, 5) is 11.3. The van der Waals surface area contributed by atoms with Crippen molar-refractivity contribution in [1.29, 1.82) is 0 Å². The molecule has 1 aromatic rings. The van der Waals surface area contributed by atoms with Crippen LogP contribution in [0.1, 0.15) is 37.4 Å². The number of alkyl halides is 3. The maximum absolute atomic E-state index is 12.6. The summed E-state index contributed by atoms with van der Waals surface area (Å²) >= 11 is 0. The molecule has 1 rings (SSSR count). The predicted molar refractivity (Wildman–Crippen MR) is 77.2 cm³/mol. The van der Waals surface area contributed by atoms with Crippen LogP contribution in [0.2, 0.25) is 0 Å². The fourth-order valence-electron chi connectivity index (χ4n) is 2.05. The minimum absolute atomic E-state index is 0.0433. The molecular weight excluding hydrogens is 297 g/mol. The molecule has 0 aliphatic rings. The largest absolute Gasteiger partial charge is 0.416 e. The second-order valence-corrected chi connectivity index (χ2v) is 5.32. The molecule has 3 N–H and O–H groups in total. The number of amides is 1. The van der Waals surface area contributed by atoms with E-state index in [2.05, 4.69) is 10.6 Å². The van der Waals surface area contributed by atoms with Crippen LogP contribution in [-0.4, -0.2) is 30.2 Å². The van der Waals surface area contributed by atoms with E-state index in [9.17, 15) is 23.1 Å². The van der Waals surface area contributed by atoms with Crippen LogP contribution < -0.4 is 10.6 Å². The smallest absolute Gasteiger partial charge is 0.388 e. The number of halogens is 3. The van der Waals surface area contributed by atoms with Gasteiger partial charge in [0.25, 0.3) is 0 Å². The average Bonchev–Trinajstić information content (AvgIpc) is 2.46. The van der Waals surface area contributed by atoms with Gasteiger partial charge in [-0.2, -0.15) is 13.2 Å². The molecule has 2 atom stereocenters. The van der Waals surface area contributed by atoms with Gasteiger partial charge in [-0.05, 0) is 31.0 Å². The third kappa shape index (κ3) is 4.71. The molecule has 0 aliphatic carbocycles. The van der Waals surface area contributed by atoms with Crippen molar-refractivity contribution >= 4 is 5.91 Å². The summed E-state index contributed by atoms with van der Waals surface area (Å²) in [6, 6.07) is 3.91. The van der Waals surface area contributed by atoms with Crippen LogP contribution in [0.25, 0.3) is 0 Å². The molecule has 124 valence electrons. The Morgan fingerprint density at radius 2 is 1.82 bits per heavy atom. The van der Waals surface area contributed by atoms with Crippen LogP contribution in [0.5, 0.6) is 0 Å². The Hall–Kier alpha value is -1.60. The number of nitrogens with one attached hydrogen (secondary N) is 2. The monoisotopic (exact) mass is 318 g/mol. The van der Waals surface area contributed by atoms with Crippen LogP contribution in [0, 0.1) is 0 Å². The molecule has 22 heavy (non-hydrogen) atoms. The molecular formula is C15H21F3N2O2. The van der Waals surface area contributed by atoms with Crippen LogP contribution in [0.3, 0.4) is 0 Å². The van der Waals surface area contributed by atoms with Gasteiger partial charge in [-0.1, -0.05) is 19.1 Å². The molecule has 0 bridgehead atoms. The van der Waals surface area contributed by atoms with Gasteiger partial charge in [0.2, 0.25) is 5.91 Å². The van der Waals surface area contributed by atoms with Gasteiger partial charge in [0, 0.05) is 7.05 Å². The Bertz CT molecular complexity index is 499. The Labute approximate surface area is 127 Å². The number of carbonyl (C=O) groups excluding carboxylic acids is 1. The molecule has 4 nitrogen and oxygen atoms in total. The highest BCUT2D eigenvalue weighted by Crippen LogP contribution is 2.32. The molecule has 1 amide bonds. The first-order valence-electron chi connectivity index (χ1n) is 6.95. The van der Waals surface area contributed by atoms with E-state index >= 15 is 0 Å². The van der Waals surface area contributed by atoms with Crippen LogP contribution in [-0.2, 0) is 11.0 Å². The quantitative estimate of drug-likeness (QED) is 0.754. The summed E-state index contributed by atoms with van der Waals surface area (Å²) in [5.41, 5.74) is -1.46. The lowest BCUT2D eigenvalue weighted by atomic mass is 9.87. The maximum Gasteiger partial charge on any atom is 0.416 e. The molecule has 2 unspecified atom stereocenters. The molecule has 0 fully saturated rings. The molecule has 0 aliphatic heterocycles. The van der Waals surface area contributed by atoms with Gasteiger partial charge in [-0.3, -0.25) is 10.1 Å². The number of rotatable bonds is 6. The van der Waals surface area contributed by atoms with E-state index in [1.54, 1.807) is 13.8 Å². The van der Waals surface area contributed by atoms with Gasteiger partial charge < -0.3 is 10.4 Å². The van der Waals surface area contributed by atoms with Gasteiger partial charge in [0.1, 0.15) is 0 Å². The van der Waals surface area contributed by atoms with Crippen molar-refractivity contribution in [2.75, 3.05) is 13.6 Å². The maximum atomic E-state index is 12.6. The van der Waals surface area contributed by atoms with Crippen LogP contribution in [0.15, 0.2) is 24.3 Å². The van der Waals surface area contributed by atoms with Crippen molar-refractivity contribution in [3.8, 4) is 0 Å². The second kappa shape index (κ2) is 7.11. The first kappa shape index (κ1) is 18.4. The average molecular weight is 318 g/mol. The third-order valence-corrected chi connectivity index (χ3v) is 3.65. The van der Waals surface area contributed by atoms with E-state index in [1.165, 1.54) is 19.2 Å². The fraction of sp³-hybridized carbons (Fsp3) is 0.533. The summed E-state index contributed by atoms with van der Waals surface area (Å²) < 4.78 is 37.8. The second-order valence-electron chi connectivity index (χ2n) is 5.32. The lowest BCUT2D eigenvalue weighted by Gasteiger charge is -2.33. The number of benzene rings is 1. The van der Waals surface area contributed by atoms with Crippen LogP contribution >= 0.6 is 0 Å². The number of aliphatic hydroxyl groups is 1. The zero-order valence-corrected chi connectivity index (χ0v) is 12.8. The summed E-state index contributed by atoms with van der Waals surface area (Å²) in [5.74, 6) is -0.274. The Kier molecular flexibility index (Phi) is 5.96. The molecule has 0 radical (unpaired) electrons. The Morgan fingerprint density at radius 1 is 1.27 bits per heavy atom. The van der Waals surface area contributed by atoms with Crippen molar-refractivity contribution in [2.24, 2.45) is 0 Å². The SMILES string of the molecule is CCC(C)(O)C(NCC(=O)NC)c1ccc(C(F)(F)F)cc1. The van der Waals surface area contributed by atoms with Gasteiger partial charge in [0.05, 0.1) is 23.8 Å². The number of hydrogen-bond donors (Lipinski definition) is 3. The van der Waals surface area contributed by atoms with E-state index in [-0.39, 0.29) is 12.5 Å². The van der Waals surface area contributed by atoms with E-state index in [0.717, 1.165) is 12.1 Å². The van der Waals surface area contributed by atoms with E-state index in [1.807, 2.05) is 0 Å². The van der Waals surface area contributed by atoms with Gasteiger partial charge in [-0.15, -0.1) is 0 Å². The van der Waals surface area contributed by atoms with Crippen molar-refractivity contribution in [2.45, 2.75) is 38.1 Å². The first-order chi connectivity index (χ1) is 10.1. The highest BCUT2D eigenvalue weighted by atomic mass is 19.4. The summed E-state index contributed by atoms with van der Waals surface area (Å²) in [6.45, 7) is 3.29. The van der Waals surface area contributed by atoms with Crippen molar-refractivity contribution in [1.82, 2.24) is 10.6 Å². The predicted octanol–water partition coefficient (Wildman–Crippen LogP) is 2.24. The van der Waals surface area contributed by atoms with E-state index < -0.39 is 23.4 Å². The Balaban J connectivity index is 3.03. The minimum Gasteiger partial charge on any atom is -0.388 e. The number of carbonyl (C=O) groups is 1. The highest BCUT2D eigenvalue weighted by molar-refractivity contribution is 5.77. The van der Waals surface area contributed by atoms with Gasteiger partial charge >= 0.3 is 6.18 Å². The van der Waals surface area contributed by atoms with Crippen molar-refractivity contribution < 1.29 is 23.1 Å². The summed E-state index contributed by atoms with van der Waals surface area (Å²) in [6.07, 6.45) is -4.03. The standard InChI is InChI=1S/C15H21F3N2O2/c1-4-14(2,22)13(20-9-12(21)19-3)10-5-7-11(8-6-10)15(16,17)18/h5-8,13,20,22H,4,9H2,1-3H3,(H,19,21). The molecule has 0 spiro atoms. The first-order valence-corrected chi connectivity index (χ1v) is 6.95. The Morgan fingerprint density at radius 3 is 2.23 bits per heavy atom. The molecule has 7 heteroatoms.